The Morgan fingerprint density at radius 3 is 2.88 bits per heavy atom. The van der Waals surface area contributed by atoms with Crippen LogP contribution < -0.4 is 5.32 Å². The number of rotatable bonds is 4. The molecule has 2 aliphatic rings. The number of hydrogen-bond acceptors (Lipinski definition) is 4. The molecule has 0 unspecified atom stereocenters. The van der Waals surface area contributed by atoms with Gasteiger partial charge < -0.3 is 15.0 Å². The van der Waals surface area contributed by atoms with Gasteiger partial charge in [0.1, 0.15) is 0 Å². The first-order chi connectivity index (χ1) is 11.7. The van der Waals surface area contributed by atoms with Gasteiger partial charge in [0, 0.05) is 51.7 Å². The summed E-state index contributed by atoms with van der Waals surface area (Å²) in [6, 6.07) is 4.12. The second-order valence-corrected chi connectivity index (χ2v) is 6.46. The molecule has 1 N–H and O–H groups in total. The minimum absolute atomic E-state index is 0.0244. The Bertz CT molecular complexity index is 582. The molecule has 3 rings (SSSR count). The Kier molecular flexibility index (Phi) is 5.82. The molecular formula is C18H26N4O2. The van der Waals surface area contributed by atoms with Gasteiger partial charge in [0.15, 0.2) is 0 Å². The van der Waals surface area contributed by atoms with E-state index in [9.17, 15) is 4.79 Å². The topological polar surface area (TPSA) is 57.7 Å². The first-order valence-corrected chi connectivity index (χ1v) is 8.61. The molecule has 24 heavy (non-hydrogen) atoms. The van der Waals surface area contributed by atoms with Crippen LogP contribution in [-0.4, -0.2) is 66.8 Å². The molecule has 1 fully saturated rings. The summed E-state index contributed by atoms with van der Waals surface area (Å²) < 4.78 is 5.28. The highest BCUT2D eigenvalue weighted by Gasteiger charge is 2.19. The van der Waals surface area contributed by atoms with E-state index in [1.54, 1.807) is 6.20 Å². The first kappa shape index (κ1) is 16.9. The molecule has 6 nitrogen and oxygen atoms in total. The minimum atomic E-state index is 0.0244. The van der Waals surface area contributed by atoms with Crippen LogP contribution in [0.15, 0.2) is 35.7 Å². The molecule has 1 aromatic heterocycles. The van der Waals surface area contributed by atoms with Crippen LogP contribution >= 0.6 is 0 Å². The number of ether oxygens (including phenoxy) is 1. The number of urea groups is 1. The van der Waals surface area contributed by atoms with Crippen LogP contribution in [0.1, 0.15) is 18.9 Å². The molecule has 0 atom stereocenters. The van der Waals surface area contributed by atoms with Gasteiger partial charge in [0.05, 0.1) is 13.2 Å². The Morgan fingerprint density at radius 1 is 1.33 bits per heavy atom. The quantitative estimate of drug-likeness (QED) is 0.853. The summed E-state index contributed by atoms with van der Waals surface area (Å²) >= 11 is 0. The highest BCUT2D eigenvalue weighted by Crippen LogP contribution is 2.19. The van der Waals surface area contributed by atoms with Gasteiger partial charge in [-0.25, -0.2) is 4.79 Å². The second kappa shape index (κ2) is 8.26. The second-order valence-electron chi connectivity index (χ2n) is 6.46. The minimum Gasteiger partial charge on any atom is -0.378 e. The Morgan fingerprint density at radius 2 is 2.17 bits per heavy atom. The predicted molar refractivity (Wildman–Crippen MR) is 92.6 cm³/mol. The molecule has 0 bridgehead atoms. The largest absolute Gasteiger partial charge is 0.378 e. The van der Waals surface area contributed by atoms with Crippen LogP contribution in [0.3, 0.4) is 0 Å². The van der Waals surface area contributed by atoms with Gasteiger partial charge in [-0.1, -0.05) is 11.6 Å². The van der Waals surface area contributed by atoms with E-state index in [-0.39, 0.29) is 6.03 Å². The van der Waals surface area contributed by atoms with Gasteiger partial charge in [-0.05, 0) is 30.5 Å². The number of morpholine rings is 1. The van der Waals surface area contributed by atoms with Crippen LogP contribution in [0.4, 0.5) is 4.79 Å². The zero-order valence-electron chi connectivity index (χ0n) is 14.3. The summed E-state index contributed by atoms with van der Waals surface area (Å²) in [5.74, 6) is 0. The first-order valence-electron chi connectivity index (χ1n) is 8.61. The Hall–Kier alpha value is -1.92. The number of carbonyl (C=O) groups excluding carboxylic acids is 1. The molecule has 0 radical (unpaired) electrons. The lowest BCUT2D eigenvalue weighted by atomic mass is 10.0. The maximum Gasteiger partial charge on any atom is 0.317 e. The third-order valence-electron chi connectivity index (χ3n) is 4.67. The normalized spacial score (nSPS) is 19.5. The van der Waals surface area contributed by atoms with Crippen molar-refractivity contribution in [1.29, 1.82) is 0 Å². The molecule has 2 amide bonds. The molecule has 1 saturated heterocycles. The summed E-state index contributed by atoms with van der Waals surface area (Å²) in [5.41, 5.74) is 3.97. The predicted octanol–water partition coefficient (Wildman–Crippen LogP) is 1.65. The number of aromatic nitrogens is 1. The van der Waals surface area contributed by atoms with Crippen molar-refractivity contribution in [3.8, 4) is 0 Å². The molecule has 3 heterocycles. The molecule has 0 spiro atoms. The Labute approximate surface area is 143 Å². The molecule has 1 aromatic rings. The van der Waals surface area contributed by atoms with Crippen LogP contribution in [0.2, 0.25) is 0 Å². The average molecular weight is 330 g/mol. The van der Waals surface area contributed by atoms with Crippen LogP contribution in [0.5, 0.6) is 0 Å². The van der Waals surface area contributed by atoms with Crippen molar-refractivity contribution in [1.82, 2.24) is 20.1 Å². The molecule has 2 aliphatic heterocycles. The lowest BCUT2D eigenvalue weighted by molar-refractivity contribution is 0.0534. The third-order valence-corrected chi connectivity index (χ3v) is 4.67. The smallest absolute Gasteiger partial charge is 0.317 e. The zero-order chi connectivity index (χ0) is 16.8. The number of hydrogen-bond donors (Lipinski definition) is 1. The van der Waals surface area contributed by atoms with Gasteiger partial charge in [-0.2, -0.15) is 0 Å². The lowest BCUT2D eigenvalue weighted by Gasteiger charge is -2.31. The number of amides is 2. The van der Waals surface area contributed by atoms with Gasteiger partial charge in [0.2, 0.25) is 0 Å². The van der Waals surface area contributed by atoms with Crippen molar-refractivity contribution in [3.63, 3.8) is 0 Å². The average Bonchev–Trinajstić information content (AvgIpc) is 2.62. The number of nitrogens with one attached hydrogen (secondary N) is 1. The van der Waals surface area contributed by atoms with E-state index in [1.807, 2.05) is 17.2 Å². The summed E-state index contributed by atoms with van der Waals surface area (Å²) in [4.78, 5) is 20.6. The van der Waals surface area contributed by atoms with Crippen LogP contribution in [0, 0.1) is 0 Å². The van der Waals surface area contributed by atoms with Crippen molar-refractivity contribution < 1.29 is 9.53 Å². The van der Waals surface area contributed by atoms with Crippen molar-refractivity contribution >= 4 is 6.03 Å². The molecule has 0 aromatic carbocycles. The summed E-state index contributed by atoms with van der Waals surface area (Å²) in [5, 5.41) is 3.06. The highest BCUT2D eigenvalue weighted by molar-refractivity contribution is 5.74. The van der Waals surface area contributed by atoms with E-state index < -0.39 is 0 Å². The van der Waals surface area contributed by atoms with Crippen molar-refractivity contribution in [2.75, 3.05) is 45.9 Å². The van der Waals surface area contributed by atoms with Gasteiger partial charge in [-0.15, -0.1) is 0 Å². The molecule has 130 valence electrons. The highest BCUT2D eigenvalue weighted by atomic mass is 16.5. The van der Waals surface area contributed by atoms with E-state index in [0.717, 1.165) is 26.1 Å². The van der Waals surface area contributed by atoms with E-state index in [0.29, 0.717) is 32.8 Å². The molecular weight excluding hydrogens is 304 g/mol. The molecule has 0 saturated carbocycles. The standard InChI is InChI=1S/C18H26N4O2/c1-15-13-21(14-16-3-2-5-19-11-16)6-4-17(15)12-20-18(23)22-7-9-24-10-8-22/h2-3,5,11H,4,6-10,12-14H2,1H3,(H,20,23). The Balaban J connectivity index is 1.48. The van der Waals surface area contributed by atoms with Crippen molar-refractivity contribution in [2.45, 2.75) is 19.9 Å². The van der Waals surface area contributed by atoms with Crippen LogP contribution in [0.25, 0.3) is 0 Å². The van der Waals surface area contributed by atoms with E-state index >= 15 is 0 Å². The fraction of sp³-hybridized carbons (Fsp3) is 0.556. The monoisotopic (exact) mass is 330 g/mol. The molecule has 6 heteroatoms. The molecule has 0 aliphatic carbocycles. The van der Waals surface area contributed by atoms with Crippen molar-refractivity contribution in [2.24, 2.45) is 0 Å². The van der Waals surface area contributed by atoms with Crippen LogP contribution in [-0.2, 0) is 11.3 Å². The fourth-order valence-corrected chi connectivity index (χ4v) is 3.22. The fourth-order valence-electron chi connectivity index (χ4n) is 3.22. The lowest BCUT2D eigenvalue weighted by Crippen LogP contribution is -2.47. The SMILES string of the molecule is CC1=C(CNC(=O)N2CCOCC2)CCN(Cc2cccnc2)C1. The maximum atomic E-state index is 12.2. The number of nitrogens with zero attached hydrogens (tertiary/aromatic N) is 3. The zero-order valence-corrected chi connectivity index (χ0v) is 14.3. The van der Waals surface area contributed by atoms with Gasteiger partial charge >= 0.3 is 6.03 Å². The maximum absolute atomic E-state index is 12.2. The van der Waals surface area contributed by atoms with Gasteiger partial charge in [0.25, 0.3) is 0 Å². The van der Waals surface area contributed by atoms with E-state index in [4.69, 9.17) is 4.74 Å². The summed E-state index contributed by atoms with van der Waals surface area (Å²) in [6.45, 7) is 8.38. The van der Waals surface area contributed by atoms with E-state index in [2.05, 4.69) is 28.2 Å². The summed E-state index contributed by atoms with van der Waals surface area (Å²) in [6.07, 6.45) is 4.74. The van der Waals surface area contributed by atoms with Gasteiger partial charge in [-0.3, -0.25) is 9.88 Å². The third kappa shape index (κ3) is 4.55. The number of carbonyl (C=O) groups is 1. The summed E-state index contributed by atoms with van der Waals surface area (Å²) in [7, 11) is 0. The number of pyridine rings is 1. The van der Waals surface area contributed by atoms with Crippen molar-refractivity contribution in [3.05, 3.63) is 41.2 Å². The van der Waals surface area contributed by atoms with E-state index in [1.165, 1.54) is 16.7 Å².